The molecular weight excluding hydrogens is 224 g/mol. The number of carbonyl (C=O) groups is 1. The minimum absolute atomic E-state index is 0.0914. The number of carboxylic acid groups (broad SMARTS) is 1. The van der Waals surface area contributed by atoms with Gasteiger partial charge in [-0.15, -0.1) is 0 Å². The first kappa shape index (κ1) is 9.35. The molecule has 80 valence electrons. The number of aromatic carboxylic acids is 1. The summed E-state index contributed by atoms with van der Waals surface area (Å²) in [6, 6.07) is 6.07. The minimum Gasteiger partial charge on any atom is -0.476 e. The van der Waals surface area contributed by atoms with Crippen LogP contribution in [0.3, 0.4) is 0 Å². The number of hydrogen-bond donors (Lipinski definition) is 1. The second-order valence-electron chi connectivity index (χ2n) is 3.66. The van der Waals surface area contributed by atoms with Crippen LogP contribution in [0.2, 0.25) is 0 Å². The Labute approximate surface area is 94.8 Å². The van der Waals surface area contributed by atoms with Crippen molar-refractivity contribution in [2.24, 2.45) is 0 Å². The molecule has 4 nitrogen and oxygen atoms in total. The quantitative estimate of drug-likeness (QED) is 0.701. The zero-order valence-corrected chi connectivity index (χ0v) is 9.28. The van der Waals surface area contributed by atoms with E-state index in [-0.39, 0.29) is 5.69 Å². The number of hydrogen-bond acceptors (Lipinski definition) is 3. The number of benzene rings is 1. The van der Waals surface area contributed by atoms with Gasteiger partial charge in [-0.2, -0.15) is 0 Å². The highest BCUT2D eigenvalue weighted by Crippen LogP contribution is 2.27. The number of fused-ring (bicyclic) bond motifs is 3. The van der Waals surface area contributed by atoms with Crippen LogP contribution in [0.1, 0.15) is 16.1 Å². The number of aryl methyl sites for hydroxylation is 1. The van der Waals surface area contributed by atoms with Crippen LogP contribution in [-0.2, 0) is 0 Å². The van der Waals surface area contributed by atoms with Crippen LogP contribution in [0.25, 0.3) is 15.2 Å². The lowest BCUT2D eigenvalue weighted by atomic mass is 10.2. The van der Waals surface area contributed by atoms with E-state index in [1.165, 1.54) is 16.9 Å². The molecule has 1 aromatic carbocycles. The second-order valence-corrected chi connectivity index (χ2v) is 4.67. The fourth-order valence-electron chi connectivity index (χ4n) is 1.71. The van der Waals surface area contributed by atoms with E-state index >= 15 is 0 Å². The zero-order valence-electron chi connectivity index (χ0n) is 8.47. The number of rotatable bonds is 1. The maximum absolute atomic E-state index is 10.8. The number of aromatic nitrogens is 2. The molecule has 0 atom stereocenters. The first-order chi connectivity index (χ1) is 7.65. The molecule has 2 aromatic heterocycles. The van der Waals surface area contributed by atoms with Crippen molar-refractivity contribution < 1.29 is 9.90 Å². The molecule has 0 aliphatic carbocycles. The van der Waals surface area contributed by atoms with Gasteiger partial charge in [-0.3, -0.25) is 4.40 Å². The Bertz CT molecular complexity index is 711. The van der Waals surface area contributed by atoms with Gasteiger partial charge in [-0.05, 0) is 24.6 Å². The van der Waals surface area contributed by atoms with E-state index < -0.39 is 5.97 Å². The topological polar surface area (TPSA) is 54.6 Å². The summed E-state index contributed by atoms with van der Waals surface area (Å²) in [4.78, 5) is 15.6. The van der Waals surface area contributed by atoms with Gasteiger partial charge < -0.3 is 5.11 Å². The van der Waals surface area contributed by atoms with E-state index in [0.29, 0.717) is 0 Å². The van der Waals surface area contributed by atoms with Crippen LogP contribution in [0.15, 0.2) is 24.4 Å². The third kappa shape index (κ3) is 1.22. The fourth-order valence-corrected chi connectivity index (χ4v) is 2.82. The molecule has 0 aliphatic heterocycles. The van der Waals surface area contributed by atoms with Gasteiger partial charge in [0.05, 0.1) is 10.2 Å². The van der Waals surface area contributed by atoms with Crippen molar-refractivity contribution in [3.05, 3.63) is 35.7 Å². The van der Waals surface area contributed by atoms with Crippen molar-refractivity contribution in [2.45, 2.75) is 6.92 Å². The third-order valence-electron chi connectivity index (χ3n) is 2.47. The standard InChI is InChI=1S/C11H8N2O2S/c1-6-2-3-8-9(4-6)16-11-12-7(10(14)15)5-13(8)11/h2-5H,1H3,(H,14,15). The molecule has 3 aromatic rings. The third-order valence-corrected chi connectivity index (χ3v) is 3.49. The van der Waals surface area contributed by atoms with Crippen molar-refractivity contribution in [2.75, 3.05) is 0 Å². The number of thiazole rings is 1. The predicted molar refractivity (Wildman–Crippen MR) is 62.3 cm³/mol. The summed E-state index contributed by atoms with van der Waals surface area (Å²) >= 11 is 1.50. The highest BCUT2D eigenvalue weighted by Gasteiger charge is 2.12. The van der Waals surface area contributed by atoms with Crippen molar-refractivity contribution in [3.63, 3.8) is 0 Å². The molecule has 0 fully saturated rings. The first-order valence-electron chi connectivity index (χ1n) is 4.77. The SMILES string of the molecule is Cc1ccc2c(c1)sc1nc(C(=O)O)cn12. The molecule has 0 bridgehead atoms. The largest absolute Gasteiger partial charge is 0.476 e. The molecule has 0 aliphatic rings. The Kier molecular flexibility index (Phi) is 1.79. The van der Waals surface area contributed by atoms with Gasteiger partial charge in [-0.1, -0.05) is 17.4 Å². The van der Waals surface area contributed by atoms with E-state index in [4.69, 9.17) is 5.11 Å². The molecule has 0 saturated carbocycles. The molecule has 0 unspecified atom stereocenters. The Morgan fingerprint density at radius 1 is 1.50 bits per heavy atom. The predicted octanol–water partition coefficient (Wildman–Crippen LogP) is 2.56. The van der Waals surface area contributed by atoms with Gasteiger partial charge in [0.25, 0.3) is 0 Å². The Morgan fingerprint density at radius 2 is 2.31 bits per heavy atom. The summed E-state index contributed by atoms with van der Waals surface area (Å²) in [5, 5.41) is 8.85. The van der Waals surface area contributed by atoms with Crippen LogP contribution < -0.4 is 0 Å². The van der Waals surface area contributed by atoms with Crippen molar-refractivity contribution in [1.82, 2.24) is 9.38 Å². The molecule has 0 amide bonds. The van der Waals surface area contributed by atoms with Gasteiger partial charge in [0.2, 0.25) is 0 Å². The Hall–Kier alpha value is -1.88. The summed E-state index contributed by atoms with van der Waals surface area (Å²) < 4.78 is 2.95. The van der Waals surface area contributed by atoms with Gasteiger partial charge in [0.1, 0.15) is 0 Å². The van der Waals surface area contributed by atoms with Gasteiger partial charge in [0, 0.05) is 6.20 Å². The number of nitrogens with zero attached hydrogens (tertiary/aromatic N) is 2. The van der Waals surface area contributed by atoms with Crippen LogP contribution in [0.5, 0.6) is 0 Å². The maximum atomic E-state index is 10.8. The van der Waals surface area contributed by atoms with E-state index in [9.17, 15) is 4.79 Å². The monoisotopic (exact) mass is 232 g/mol. The Morgan fingerprint density at radius 3 is 3.06 bits per heavy atom. The summed E-state index contributed by atoms with van der Waals surface area (Å²) in [5.41, 5.74) is 2.29. The molecule has 0 spiro atoms. The smallest absolute Gasteiger partial charge is 0.356 e. The molecule has 16 heavy (non-hydrogen) atoms. The fraction of sp³-hybridized carbons (Fsp3) is 0.0909. The van der Waals surface area contributed by atoms with Crippen molar-refractivity contribution in [3.8, 4) is 0 Å². The van der Waals surface area contributed by atoms with Gasteiger partial charge in [-0.25, -0.2) is 9.78 Å². The molecule has 1 N–H and O–H groups in total. The maximum Gasteiger partial charge on any atom is 0.356 e. The Balaban J connectivity index is 2.38. The zero-order chi connectivity index (χ0) is 11.3. The molecular formula is C11H8N2O2S. The van der Waals surface area contributed by atoms with Gasteiger partial charge >= 0.3 is 5.97 Å². The van der Waals surface area contributed by atoms with Crippen LogP contribution in [0, 0.1) is 6.92 Å². The lowest BCUT2D eigenvalue weighted by Crippen LogP contribution is -1.95. The summed E-state index contributed by atoms with van der Waals surface area (Å²) in [5.74, 6) is -0.990. The van der Waals surface area contributed by atoms with Crippen LogP contribution in [-0.4, -0.2) is 20.5 Å². The van der Waals surface area contributed by atoms with Crippen LogP contribution in [0.4, 0.5) is 0 Å². The first-order valence-corrected chi connectivity index (χ1v) is 5.58. The summed E-state index contributed by atoms with van der Waals surface area (Å²) in [6.07, 6.45) is 1.56. The normalized spacial score (nSPS) is 11.3. The van der Waals surface area contributed by atoms with Crippen LogP contribution >= 0.6 is 11.3 Å². The van der Waals surface area contributed by atoms with E-state index in [2.05, 4.69) is 11.1 Å². The van der Waals surface area contributed by atoms with E-state index in [0.717, 1.165) is 15.2 Å². The highest BCUT2D eigenvalue weighted by atomic mass is 32.1. The lowest BCUT2D eigenvalue weighted by molar-refractivity contribution is 0.0691. The summed E-state index contributed by atoms with van der Waals surface area (Å²) in [7, 11) is 0. The average Bonchev–Trinajstić information content (AvgIpc) is 2.73. The number of imidazole rings is 1. The molecule has 0 saturated heterocycles. The average molecular weight is 232 g/mol. The molecule has 0 radical (unpaired) electrons. The van der Waals surface area contributed by atoms with E-state index in [1.807, 2.05) is 23.5 Å². The van der Waals surface area contributed by atoms with E-state index in [1.54, 1.807) is 6.20 Å². The van der Waals surface area contributed by atoms with Crippen molar-refractivity contribution in [1.29, 1.82) is 0 Å². The molecule has 5 heteroatoms. The highest BCUT2D eigenvalue weighted by molar-refractivity contribution is 7.23. The molecule has 3 rings (SSSR count). The van der Waals surface area contributed by atoms with Gasteiger partial charge in [0.15, 0.2) is 10.7 Å². The second kappa shape index (κ2) is 3.05. The number of carboxylic acids is 1. The van der Waals surface area contributed by atoms with Crippen molar-refractivity contribution >= 4 is 32.5 Å². The summed E-state index contributed by atoms with van der Waals surface area (Å²) in [6.45, 7) is 2.03. The molecule has 2 heterocycles. The lowest BCUT2D eigenvalue weighted by Gasteiger charge is -1.92. The minimum atomic E-state index is -0.990.